The first-order valence-electron chi connectivity index (χ1n) is 8.28. The number of nitrogens with zero attached hydrogens (tertiary/aromatic N) is 3. The zero-order valence-corrected chi connectivity index (χ0v) is 14.6. The van der Waals surface area contributed by atoms with Crippen LogP contribution in [0.5, 0.6) is 0 Å². The van der Waals surface area contributed by atoms with E-state index in [1.807, 2.05) is 47.9 Å². The van der Waals surface area contributed by atoms with Crippen LogP contribution in [-0.4, -0.2) is 52.2 Å². The van der Waals surface area contributed by atoms with Gasteiger partial charge in [0, 0.05) is 43.1 Å². The van der Waals surface area contributed by atoms with Gasteiger partial charge in [0.15, 0.2) is 5.82 Å². The highest BCUT2D eigenvalue weighted by molar-refractivity contribution is 7.99. The summed E-state index contributed by atoms with van der Waals surface area (Å²) in [5.74, 6) is 3.33. The second-order valence-electron chi connectivity index (χ2n) is 5.65. The summed E-state index contributed by atoms with van der Waals surface area (Å²) in [6.07, 6.45) is 1.57. The van der Waals surface area contributed by atoms with Crippen molar-refractivity contribution in [1.82, 2.24) is 20.4 Å². The van der Waals surface area contributed by atoms with E-state index in [2.05, 4.69) is 15.5 Å². The van der Waals surface area contributed by atoms with Gasteiger partial charge in [-0.05, 0) is 24.1 Å². The Kier molecular flexibility index (Phi) is 5.74. The number of carbonyl (C=O) groups is 1. The molecular weight excluding hydrogens is 324 g/mol. The summed E-state index contributed by atoms with van der Waals surface area (Å²) >= 11 is 1.90. The van der Waals surface area contributed by atoms with Gasteiger partial charge in [-0.15, -0.1) is 0 Å². The highest BCUT2D eigenvalue weighted by Gasteiger charge is 2.15. The van der Waals surface area contributed by atoms with Crippen molar-refractivity contribution in [3.63, 3.8) is 0 Å². The molecule has 6 nitrogen and oxygen atoms in total. The molecular formula is C17H22N4O2S. The number of benzene rings is 1. The molecule has 1 aromatic carbocycles. The van der Waals surface area contributed by atoms with Crippen molar-refractivity contribution in [3.8, 4) is 11.5 Å². The number of nitrogens with one attached hydrogen (secondary N) is 1. The monoisotopic (exact) mass is 346 g/mol. The number of hydrogen-bond donors (Lipinski definition) is 1. The van der Waals surface area contributed by atoms with Crippen molar-refractivity contribution >= 4 is 17.8 Å². The summed E-state index contributed by atoms with van der Waals surface area (Å²) < 4.78 is 5.24. The van der Waals surface area contributed by atoms with Crippen LogP contribution in [0.15, 0.2) is 28.8 Å². The second-order valence-corrected chi connectivity index (χ2v) is 6.87. The van der Waals surface area contributed by atoms with Gasteiger partial charge in [-0.25, -0.2) is 4.79 Å². The summed E-state index contributed by atoms with van der Waals surface area (Å²) in [5, 5.41) is 6.90. The molecule has 0 atom stereocenters. The van der Waals surface area contributed by atoms with Crippen LogP contribution in [0.3, 0.4) is 0 Å². The lowest BCUT2D eigenvalue weighted by atomic mass is 10.1. The molecule has 1 N–H and O–H groups in total. The Morgan fingerprint density at radius 2 is 2.04 bits per heavy atom. The third-order valence-electron chi connectivity index (χ3n) is 3.97. The molecule has 1 aromatic heterocycles. The van der Waals surface area contributed by atoms with Crippen LogP contribution in [0.2, 0.25) is 0 Å². The minimum atomic E-state index is 0.0462. The molecule has 128 valence electrons. The number of urea groups is 1. The van der Waals surface area contributed by atoms with Crippen LogP contribution in [-0.2, 0) is 12.8 Å². The average molecular weight is 346 g/mol. The molecule has 1 fully saturated rings. The third-order valence-corrected chi connectivity index (χ3v) is 4.92. The summed E-state index contributed by atoms with van der Waals surface area (Å²) in [7, 11) is 0. The maximum atomic E-state index is 12.0. The molecule has 24 heavy (non-hydrogen) atoms. The fourth-order valence-electron chi connectivity index (χ4n) is 2.52. The Hall–Kier alpha value is -2.02. The first-order chi connectivity index (χ1) is 11.8. The summed E-state index contributed by atoms with van der Waals surface area (Å²) in [6, 6.07) is 8.08. The van der Waals surface area contributed by atoms with E-state index in [9.17, 15) is 4.79 Å². The Labute approximate surface area is 146 Å². The predicted molar refractivity (Wildman–Crippen MR) is 95.1 cm³/mol. The number of aromatic nitrogens is 2. The van der Waals surface area contributed by atoms with Crippen LogP contribution >= 0.6 is 11.8 Å². The molecule has 2 heterocycles. The van der Waals surface area contributed by atoms with Gasteiger partial charge in [0.05, 0.1) is 0 Å². The second kappa shape index (κ2) is 8.19. The molecule has 1 saturated heterocycles. The van der Waals surface area contributed by atoms with Crippen molar-refractivity contribution in [2.75, 3.05) is 31.1 Å². The van der Waals surface area contributed by atoms with Gasteiger partial charge in [-0.2, -0.15) is 16.7 Å². The molecule has 0 saturated carbocycles. The molecule has 2 aromatic rings. The maximum absolute atomic E-state index is 12.0. The van der Waals surface area contributed by atoms with Crippen molar-refractivity contribution < 1.29 is 9.32 Å². The van der Waals surface area contributed by atoms with Gasteiger partial charge in [0.25, 0.3) is 5.89 Å². The topological polar surface area (TPSA) is 71.3 Å². The Morgan fingerprint density at radius 1 is 1.29 bits per heavy atom. The first-order valence-corrected chi connectivity index (χ1v) is 9.44. The summed E-state index contributed by atoms with van der Waals surface area (Å²) in [4.78, 5) is 18.2. The SMILES string of the molecule is CCc1noc(-c2ccc(CCNC(=O)N3CCSCC3)cc2)n1. The lowest BCUT2D eigenvalue weighted by Gasteiger charge is -2.26. The van der Waals surface area contributed by atoms with Gasteiger partial charge in [0.1, 0.15) is 0 Å². The van der Waals surface area contributed by atoms with Gasteiger partial charge in [-0.3, -0.25) is 0 Å². The van der Waals surface area contributed by atoms with Crippen molar-refractivity contribution in [2.24, 2.45) is 0 Å². The number of aryl methyl sites for hydroxylation is 1. The van der Waals surface area contributed by atoms with Gasteiger partial charge >= 0.3 is 6.03 Å². The van der Waals surface area contributed by atoms with E-state index < -0.39 is 0 Å². The van der Waals surface area contributed by atoms with Gasteiger partial charge in [-0.1, -0.05) is 24.2 Å². The number of rotatable bonds is 5. The fraction of sp³-hybridized carbons (Fsp3) is 0.471. The zero-order valence-electron chi connectivity index (χ0n) is 13.8. The molecule has 0 unspecified atom stereocenters. The molecule has 1 aliphatic heterocycles. The standard InChI is InChI=1S/C17H22N4O2S/c1-2-15-19-16(23-20-15)14-5-3-13(4-6-14)7-8-18-17(22)21-9-11-24-12-10-21/h3-6H,2,7-12H2,1H3,(H,18,22). The number of hydrogen-bond acceptors (Lipinski definition) is 5. The maximum Gasteiger partial charge on any atom is 0.317 e. The van der Waals surface area contributed by atoms with E-state index in [0.717, 1.165) is 43.0 Å². The van der Waals surface area contributed by atoms with Crippen LogP contribution < -0.4 is 5.32 Å². The zero-order chi connectivity index (χ0) is 16.8. The van der Waals surface area contributed by atoms with E-state index in [4.69, 9.17) is 4.52 Å². The minimum Gasteiger partial charge on any atom is -0.338 e. The van der Waals surface area contributed by atoms with Crippen LogP contribution in [0, 0.1) is 0 Å². The summed E-state index contributed by atoms with van der Waals surface area (Å²) in [5.41, 5.74) is 2.09. The lowest BCUT2D eigenvalue weighted by Crippen LogP contribution is -2.44. The number of thioether (sulfide) groups is 1. The van der Waals surface area contributed by atoms with Crippen LogP contribution in [0.25, 0.3) is 11.5 Å². The molecule has 0 radical (unpaired) electrons. The average Bonchev–Trinajstić information content (AvgIpc) is 3.12. The van der Waals surface area contributed by atoms with Gasteiger partial charge < -0.3 is 14.7 Å². The lowest BCUT2D eigenvalue weighted by molar-refractivity contribution is 0.203. The van der Waals surface area contributed by atoms with Crippen molar-refractivity contribution in [3.05, 3.63) is 35.7 Å². The Balaban J connectivity index is 1.48. The van der Waals surface area contributed by atoms with E-state index >= 15 is 0 Å². The molecule has 3 rings (SSSR count). The fourth-order valence-corrected chi connectivity index (χ4v) is 3.42. The summed E-state index contributed by atoms with van der Waals surface area (Å²) in [6.45, 7) is 4.32. The minimum absolute atomic E-state index is 0.0462. The molecule has 1 aliphatic rings. The molecule has 7 heteroatoms. The quantitative estimate of drug-likeness (QED) is 0.901. The van der Waals surface area contributed by atoms with E-state index in [-0.39, 0.29) is 6.03 Å². The highest BCUT2D eigenvalue weighted by atomic mass is 32.2. The van der Waals surface area contributed by atoms with E-state index in [1.165, 1.54) is 5.56 Å². The van der Waals surface area contributed by atoms with Crippen molar-refractivity contribution in [1.29, 1.82) is 0 Å². The van der Waals surface area contributed by atoms with E-state index in [1.54, 1.807) is 0 Å². The third kappa shape index (κ3) is 4.29. The molecule has 2 amide bonds. The number of carbonyl (C=O) groups excluding carboxylic acids is 1. The predicted octanol–water partition coefficient (Wildman–Crippen LogP) is 2.60. The molecule has 0 spiro atoms. The highest BCUT2D eigenvalue weighted by Crippen LogP contribution is 2.18. The van der Waals surface area contributed by atoms with Gasteiger partial charge in [0.2, 0.25) is 0 Å². The Bertz CT molecular complexity index is 665. The molecule has 0 aliphatic carbocycles. The van der Waals surface area contributed by atoms with Crippen molar-refractivity contribution in [2.45, 2.75) is 19.8 Å². The smallest absolute Gasteiger partial charge is 0.317 e. The number of amides is 2. The largest absolute Gasteiger partial charge is 0.338 e. The van der Waals surface area contributed by atoms with Crippen LogP contribution in [0.1, 0.15) is 18.3 Å². The first kappa shape index (κ1) is 16.8. The normalized spacial score (nSPS) is 14.6. The van der Waals surface area contributed by atoms with E-state index in [0.29, 0.717) is 18.3 Å². The molecule has 0 bridgehead atoms. The Morgan fingerprint density at radius 3 is 2.71 bits per heavy atom. The van der Waals surface area contributed by atoms with Crippen LogP contribution in [0.4, 0.5) is 4.79 Å².